The molecule has 7 heteroatoms. The third-order valence-corrected chi connectivity index (χ3v) is 5.08. The molecule has 1 aromatic heterocycles. The first-order valence-electron chi connectivity index (χ1n) is 7.97. The van der Waals surface area contributed by atoms with Gasteiger partial charge >= 0.3 is 6.03 Å². The third-order valence-electron chi connectivity index (χ3n) is 4.02. The number of thiophene rings is 1. The zero-order valence-electron chi connectivity index (χ0n) is 13.7. The number of methoxy groups -OCH3 is 1. The van der Waals surface area contributed by atoms with Gasteiger partial charge in [0.2, 0.25) is 5.91 Å². The molecule has 0 radical (unpaired) electrons. The first kappa shape index (κ1) is 17.7. The molecule has 128 valence electrons. The monoisotopic (exact) mass is 339 g/mol. The lowest BCUT2D eigenvalue weighted by molar-refractivity contribution is -0.133. The van der Waals surface area contributed by atoms with Crippen LogP contribution in [0.5, 0.6) is 0 Å². The van der Waals surface area contributed by atoms with Gasteiger partial charge in [0.25, 0.3) is 0 Å². The Morgan fingerprint density at radius 2 is 2.17 bits per heavy atom. The van der Waals surface area contributed by atoms with Gasteiger partial charge in [-0.1, -0.05) is 6.07 Å². The van der Waals surface area contributed by atoms with Crippen molar-refractivity contribution >= 4 is 23.3 Å². The van der Waals surface area contributed by atoms with Gasteiger partial charge < -0.3 is 20.3 Å². The highest BCUT2D eigenvalue weighted by Gasteiger charge is 2.24. The predicted octanol–water partition coefficient (Wildman–Crippen LogP) is 2.14. The molecule has 1 aromatic rings. The molecule has 6 nitrogen and oxygen atoms in total. The topological polar surface area (TPSA) is 70.7 Å². The number of carbonyl (C=O) groups is 2. The number of rotatable bonds is 6. The number of amides is 3. The average molecular weight is 339 g/mol. The molecule has 1 atom stereocenters. The first-order chi connectivity index (χ1) is 11.1. The van der Waals surface area contributed by atoms with Gasteiger partial charge in [-0.15, -0.1) is 11.3 Å². The summed E-state index contributed by atoms with van der Waals surface area (Å²) >= 11 is 1.63. The fourth-order valence-electron chi connectivity index (χ4n) is 2.65. The molecule has 2 rings (SSSR count). The largest absolute Gasteiger partial charge is 0.384 e. The van der Waals surface area contributed by atoms with Crippen molar-refractivity contribution in [2.45, 2.75) is 38.3 Å². The number of nitrogens with one attached hydrogen (secondary N) is 2. The molecule has 2 N–H and O–H groups in total. The number of hydrogen-bond acceptors (Lipinski definition) is 4. The molecule has 2 heterocycles. The van der Waals surface area contributed by atoms with Gasteiger partial charge in [0.15, 0.2) is 0 Å². The van der Waals surface area contributed by atoms with E-state index in [0.29, 0.717) is 26.1 Å². The molecule has 1 saturated heterocycles. The van der Waals surface area contributed by atoms with Crippen molar-refractivity contribution in [2.75, 3.05) is 26.8 Å². The van der Waals surface area contributed by atoms with Gasteiger partial charge in [-0.2, -0.15) is 0 Å². The Morgan fingerprint density at radius 3 is 2.78 bits per heavy atom. The number of piperidine rings is 1. The maximum Gasteiger partial charge on any atom is 0.315 e. The summed E-state index contributed by atoms with van der Waals surface area (Å²) in [6, 6.07) is 3.98. The summed E-state index contributed by atoms with van der Waals surface area (Å²) in [5, 5.41) is 7.96. The van der Waals surface area contributed by atoms with E-state index < -0.39 is 0 Å². The maximum atomic E-state index is 12.1. The Bertz CT molecular complexity index is 499. The van der Waals surface area contributed by atoms with E-state index in [-0.39, 0.29) is 24.0 Å². The van der Waals surface area contributed by atoms with Crippen molar-refractivity contribution in [3.8, 4) is 0 Å². The Kier molecular flexibility index (Phi) is 6.85. The minimum atomic E-state index is -0.143. The molecule has 0 saturated carbocycles. The van der Waals surface area contributed by atoms with Crippen molar-refractivity contribution in [1.82, 2.24) is 15.5 Å². The summed E-state index contributed by atoms with van der Waals surface area (Å²) in [7, 11) is 1.60. The van der Waals surface area contributed by atoms with E-state index >= 15 is 0 Å². The minimum absolute atomic E-state index is 0.00529. The molecule has 0 aromatic carbocycles. The maximum absolute atomic E-state index is 12.1. The lowest BCUT2D eigenvalue weighted by atomic mass is 10.0. The third kappa shape index (κ3) is 5.51. The Morgan fingerprint density at radius 1 is 1.43 bits per heavy atom. The van der Waals surface area contributed by atoms with Crippen LogP contribution in [0.1, 0.15) is 37.1 Å². The van der Waals surface area contributed by atoms with Gasteiger partial charge in [0, 0.05) is 31.1 Å². The Hall–Kier alpha value is -1.60. The van der Waals surface area contributed by atoms with E-state index in [2.05, 4.69) is 10.6 Å². The van der Waals surface area contributed by atoms with Gasteiger partial charge in [0.1, 0.15) is 0 Å². The predicted molar refractivity (Wildman–Crippen MR) is 90.5 cm³/mol. The normalized spacial score (nSPS) is 16.9. The Labute approximate surface area is 141 Å². The molecule has 1 fully saturated rings. The van der Waals surface area contributed by atoms with Crippen molar-refractivity contribution in [1.29, 1.82) is 0 Å². The second-order valence-electron chi connectivity index (χ2n) is 5.75. The van der Waals surface area contributed by atoms with Crippen LogP contribution in [0.15, 0.2) is 17.5 Å². The summed E-state index contributed by atoms with van der Waals surface area (Å²) in [5.41, 5.74) is 0. The fourth-order valence-corrected chi connectivity index (χ4v) is 3.39. The van der Waals surface area contributed by atoms with Crippen LogP contribution < -0.4 is 10.6 Å². The van der Waals surface area contributed by atoms with Crippen molar-refractivity contribution in [3.63, 3.8) is 0 Å². The van der Waals surface area contributed by atoms with Gasteiger partial charge in [-0.25, -0.2) is 4.79 Å². The standard InChI is InChI=1S/C16H25N3O3S/c1-12(14-4-3-11-23-14)17-16(21)18-13-5-8-19(9-6-13)15(20)7-10-22-2/h3-4,11-13H,5-10H2,1-2H3,(H2,17,18,21). The molecule has 1 aliphatic heterocycles. The van der Waals surface area contributed by atoms with Gasteiger partial charge in [0.05, 0.1) is 19.1 Å². The molecular weight excluding hydrogens is 314 g/mol. The highest BCUT2D eigenvalue weighted by atomic mass is 32.1. The molecule has 0 spiro atoms. The SMILES string of the molecule is COCCC(=O)N1CCC(NC(=O)NC(C)c2cccs2)CC1. The summed E-state index contributed by atoms with van der Waals surface area (Å²) < 4.78 is 4.93. The molecule has 3 amide bonds. The van der Waals surface area contributed by atoms with Crippen molar-refractivity contribution in [3.05, 3.63) is 22.4 Å². The summed E-state index contributed by atoms with van der Waals surface area (Å²) in [6.07, 6.45) is 2.01. The van der Waals surface area contributed by atoms with Crippen LogP contribution in [0.4, 0.5) is 4.79 Å². The van der Waals surface area contributed by atoms with Gasteiger partial charge in [-0.05, 0) is 31.2 Å². The number of hydrogen-bond donors (Lipinski definition) is 2. The van der Waals surface area contributed by atoms with E-state index in [1.807, 2.05) is 29.3 Å². The zero-order chi connectivity index (χ0) is 16.7. The average Bonchev–Trinajstić information content (AvgIpc) is 3.07. The van der Waals surface area contributed by atoms with E-state index in [1.54, 1.807) is 18.4 Å². The summed E-state index contributed by atoms with van der Waals surface area (Å²) in [5.74, 6) is 0.126. The van der Waals surface area contributed by atoms with E-state index in [9.17, 15) is 9.59 Å². The minimum Gasteiger partial charge on any atom is -0.384 e. The van der Waals surface area contributed by atoms with Crippen LogP contribution in [0.25, 0.3) is 0 Å². The molecular formula is C16H25N3O3S. The van der Waals surface area contributed by atoms with E-state index in [1.165, 1.54) is 0 Å². The highest BCUT2D eigenvalue weighted by Crippen LogP contribution is 2.18. The van der Waals surface area contributed by atoms with Crippen LogP contribution in [-0.4, -0.2) is 49.7 Å². The quantitative estimate of drug-likeness (QED) is 0.834. The van der Waals surface area contributed by atoms with E-state index in [0.717, 1.165) is 17.7 Å². The molecule has 0 aliphatic carbocycles. The van der Waals surface area contributed by atoms with Crippen LogP contribution in [0.3, 0.4) is 0 Å². The number of carbonyl (C=O) groups excluding carboxylic acids is 2. The van der Waals surface area contributed by atoms with Crippen LogP contribution >= 0.6 is 11.3 Å². The lowest BCUT2D eigenvalue weighted by Crippen LogP contribution is -2.49. The Balaban J connectivity index is 1.69. The molecule has 1 unspecified atom stereocenters. The zero-order valence-corrected chi connectivity index (χ0v) is 14.5. The van der Waals surface area contributed by atoms with Crippen molar-refractivity contribution < 1.29 is 14.3 Å². The number of urea groups is 1. The number of likely N-dealkylation sites (tertiary alicyclic amines) is 1. The lowest BCUT2D eigenvalue weighted by Gasteiger charge is -2.32. The van der Waals surface area contributed by atoms with Crippen molar-refractivity contribution in [2.24, 2.45) is 0 Å². The highest BCUT2D eigenvalue weighted by molar-refractivity contribution is 7.10. The number of ether oxygens (including phenoxy) is 1. The van der Waals surface area contributed by atoms with E-state index in [4.69, 9.17) is 4.74 Å². The first-order valence-corrected chi connectivity index (χ1v) is 8.85. The molecule has 1 aliphatic rings. The second-order valence-corrected chi connectivity index (χ2v) is 6.73. The summed E-state index contributed by atoms with van der Waals surface area (Å²) in [6.45, 7) is 3.81. The smallest absolute Gasteiger partial charge is 0.315 e. The molecule has 23 heavy (non-hydrogen) atoms. The molecule has 0 bridgehead atoms. The van der Waals surface area contributed by atoms with Gasteiger partial charge in [-0.3, -0.25) is 4.79 Å². The summed E-state index contributed by atoms with van der Waals surface area (Å²) in [4.78, 5) is 27.0. The number of nitrogens with zero attached hydrogens (tertiary/aromatic N) is 1. The second kappa shape index (κ2) is 8.88. The van der Waals surface area contributed by atoms with Crippen LogP contribution in [-0.2, 0) is 9.53 Å². The fraction of sp³-hybridized carbons (Fsp3) is 0.625. The van der Waals surface area contributed by atoms with Crippen LogP contribution in [0.2, 0.25) is 0 Å². The van der Waals surface area contributed by atoms with Crippen LogP contribution in [0, 0.1) is 0 Å².